The van der Waals surface area contributed by atoms with Crippen LogP contribution >= 0.6 is 23.2 Å². The number of carbonyl (C=O) groups is 2. The number of amides is 2. The van der Waals surface area contributed by atoms with Crippen LogP contribution in [0.2, 0.25) is 10.0 Å². The van der Waals surface area contributed by atoms with Crippen LogP contribution in [0.15, 0.2) is 66.7 Å². The number of nitrogens with one attached hydrogen (secondary N) is 1. The number of benzene rings is 3. The highest BCUT2D eigenvalue weighted by Gasteiger charge is 2.33. The van der Waals surface area contributed by atoms with Gasteiger partial charge in [0.1, 0.15) is 6.04 Å². The lowest BCUT2D eigenvalue weighted by atomic mass is 9.99. The molecule has 0 saturated carbocycles. The normalized spacial score (nSPS) is 12.2. The Balaban J connectivity index is 2.05. The molecule has 0 radical (unpaired) electrons. The molecular formula is C30H34Cl2N2O2. The van der Waals surface area contributed by atoms with Crippen molar-refractivity contribution in [3.05, 3.63) is 105 Å². The van der Waals surface area contributed by atoms with Gasteiger partial charge >= 0.3 is 0 Å². The first-order valence-electron chi connectivity index (χ1n) is 12.1. The molecule has 0 heterocycles. The number of carbonyl (C=O) groups excluding carboxylic acids is 2. The molecule has 3 aromatic carbocycles. The molecule has 0 aromatic heterocycles. The fourth-order valence-electron chi connectivity index (χ4n) is 4.05. The van der Waals surface area contributed by atoms with E-state index in [4.69, 9.17) is 23.2 Å². The van der Waals surface area contributed by atoms with E-state index in [9.17, 15) is 9.59 Å². The van der Waals surface area contributed by atoms with Crippen LogP contribution in [0.25, 0.3) is 0 Å². The van der Waals surface area contributed by atoms with Crippen molar-refractivity contribution < 1.29 is 9.59 Å². The van der Waals surface area contributed by atoms with E-state index >= 15 is 0 Å². The smallest absolute Gasteiger partial charge is 0.243 e. The summed E-state index contributed by atoms with van der Waals surface area (Å²) >= 11 is 13.0. The zero-order chi connectivity index (χ0) is 26.5. The number of halogens is 2. The van der Waals surface area contributed by atoms with Crippen LogP contribution in [-0.2, 0) is 29.0 Å². The predicted molar refractivity (Wildman–Crippen MR) is 148 cm³/mol. The van der Waals surface area contributed by atoms with E-state index in [1.807, 2.05) is 83.1 Å². The Kier molecular flexibility index (Phi) is 9.21. The molecule has 1 atom stereocenters. The molecule has 0 saturated heterocycles. The number of hydrogen-bond acceptors (Lipinski definition) is 2. The molecular weight excluding hydrogens is 491 g/mol. The minimum absolute atomic E-state index is 0.122. The molecule has 6 heteroatoms. The summed E-state index contributed by atoms with van der Waals surface area (Å²) in [7, 11) is 0. The van der Waals surface area contributed by atoms with E-state index in [1.165, 1.54) is 0 Å². The molecule has 0 spiro atoms. The maximum Gasteiger partial charge on any atom is 0.243 e. The van der Waals surface area contributed by atoms with E-state index in [1.54, 1.807) is 23.1 Å². The number of aryl methyl sites for hydroxylation is 2. The third-order valence-corrected chi connectivity index (χ3v) is 6.79. The number of hydrogen-bond donors (Lipinski definition) is 1. The monoisotopic (exact) mass is 524 g/mol. The standard InChI is InChI=1S/C30H34Cl2N2O2/c1-20-14-15-23(16-21(20)2)18-28(35)34(19-24-25(31)12-9-13-26(24)32)27(29(36)33-30(3,4)5)17-22-10-7-6-8-11-22/h6-16,27H,17-19H2,1-5H3,(H,33,36)/t27-/m0/s1. The van der Waals surface area contributed by atoms with E-state index < -0.39 is 11.6 Å². The van der Waals surface area contributed by atoms with Gasteiger partial charge in [-0.3, -0.25) is 9.59 Å². The largest absolute Gasteiger partial charge is 0.350 e. The topological polar surface area (TPSA) is 49.4 Å². The van der Waals surface area contributed by atoms with Gasteiger partial charge in [-0.1, -0.05) is 77.8 Å². The van der Waals surface area contributed by atoms with Crippen LogP contribution in [0, 0.1) is 13.8 Å². The zero-order valence-electron chi connectivity index (χ0n) is 21.6. The Hall–Kier alpha value is -2.82. The fraction of sp³-hybridized carbons (Fsp3) is 0.333. The third kappa shape index (κ3) is 7.59. The molecule has 3 rings (SSSR count). The SMILES string of the molecule is Cc1ccc(CC(=O)N(Cc2c(Cl)cccc2Cl)[C@@H](Cc2ccccc2)C(=O)NC(C)(C)C)cc1C. The second-order valence-electron chi connectivity index (χ2n) is 10.3. The zero-order valence-corrected chi connectivity index (χ0v) is 23.1. The molecule has 0 bridgehead atoms. The first kappa shape index (κ1) is 27.8. The average molecular weight is 526 g/mol. The minimum Gasteiger partial charge on any atom is -0.350 e. The highest BCUT2D eigenvalue weighted by Crippen LogP contribution is 2.28. The van der Waals surface area contributed by atoms with Gasteiger partial charge in [-0.05, 0) is 69.0 Å². The van der Waals surface area contributed by atoms with Gasteiger partial charge in [-0.2, -0.15) is 0 Å². The van der Waals surface area contributed by atoms with E-state index in [-0.39, 0.29) is 24.8 Å². The predicted octanol–water partition coefficient (Wildman–Crippen LogP) is 6.71. The summed E-state index contributed by atoms with van der Waals surface area (Å²) in [5.41, 5.74) is 4.30. The lowest BCUT2D eigenvalue weighted by molar-refractivity contribution is -0.141. The molecule has 0 aliphatic carbocycles. The second kappa shape index (κ2) is 11.9. The molecule has 190 valence electrons. The van der Waals surface area contributed by atoms with Gasteiger partial charge in [0.05, 0.1) is 6.42 Å². The van der Waals surface area contributed by atoms with Crippen LogP contribution in [-0.4, -0.2) is 28.3 Å². The summed E-state index contributed by atoms with van der Waals surface area (Å²) in [6.07, 6.45) is 0.529. The van der Waals surface area contributed by atoms with Gasteiger partial charge in [-0.25, -0.2) is 0 Å². The van der Waals surface area contributed by atoms with Crippen molar-refractivity contribution >= 4 is 35.0 Å². The Labute approximate surface area is 224 Å². The molecule has 2 amide bonds. The first-order valence-corrected chi connectivity index (χ1v) is 12.8. The van der Waals surface area contributed by atoms with Crippen molar-refractivity contribution in [2.24, 2.45) is 0 Å². The van der Waals surface area contributed by atoms with Crippen LogP contribution in [0.3, 0.4) is 0 Å². The summed E-state index contributed by atoms with van der Waals surface area (Å²) in [5, 5.41) is 3.99. The van der Waals surface area contributed by atoms with Gasteiger partial charge in [0.15, 0.2) is 0 Å². The molecule has 4 nitrogen and oxygen atoms in total. The summed E-state index contributed by atoms with van der Waals surface area (Å²) in [6, 6.07) is 20.2. The Bertz CT molecular complexity index is 1200. The van der Waals surface area contributed by atoms with Gasteiger partial charge < -0.3 is 10.2 Å². The molecule has 0 fully saturated rings. The van der Waals surface area contributed by atoms with Gasteiger partial charge in [0.25, 0.3) is 0 Å². The first-order chi connectivity index (χ1) is 16.9. The molecule has 0 aliphatic rings. The highest BCUT2D eigenvalue weighted by atomic mass is 35.5. The van der Waals surface area contributed by atoms with Crippen LogP contribution < -0.4 is 5.32 Å². The number of rotatable bonds is 8. The van der Waals surface area contributed by atoms with Crippen molar-refractivity contribution in [3.8, 4) is 0 Å². The van der Waals surface area contributed by atoms with Crippen LogP contribution in [0.4, 0.5) is 0 Å². The fourth-order valence-corrected chi connectivity index (χ4v) is 4.57. The molecule has 3 aromatic rings. The molecule has 1 N–H and O–H groups in total. The van der Waals surface area contributed by atoms with Crippen molar-refractivity contribution in [1.82, 2.24) is 10.2 Å². The maximum atomic E-state index is 13.9. The lowest BCUT2D eigenvalue weighted by Gasteiger charge is -2.34. The van der Waals surface area contributed by atoms with Gasteiger partial charge in [0.2, 0.25) is 11.8 Å². The van der Waals surface area contributed by atoms with Gasteiger partial charge in [-0.15, -0.1) is 0 Å². The Morgan fingerprint density at radius 1 is 0.861 bits per heavy atom. The second-order valence-corrected chi connectivity index (χ2v) is 11.1. The van der Waals surface area contributed by atoms with E-state index in [0.29, 0.717) is 22.0 Å². The van der Waals surface area contributed by atoms with Crippen LogP contribution in [0.1, 0.15) is 48.6 Å². The third-order valence-electron chi connectivity index (χ3n) is 6.09. The molecule has 0 unspecified atom stereocenters. The Morgan fingerprint density at radius 3 is 2.08 bits per heavy atom. The minimum atomic E-state index is -0.752. The van der Waals surface area contributed by atoms with Crippen molar-refractivity contribution in [2.45, 2.75) is 65.6 Å². The molecule has 0 aliphatic heterocycles. The average Bonchev–Trinajstić information content (AvgIpc) is 2.79. The summed E-state index contributed by atoms with van der Waals surface area (Å²) in [6.45, 7) is 9.97. The summed E-state index contributed by atoms with van der Waals surface area (Å²) < 4.78 is 0. The lowest BCUT2D eigenvalue weighted by Crippen LogP contribution is -2.54. The highest BCUT2D eigenvalue weighted by molar-refractivity contribution is 6.36. The van der Waals surface area contributed by atoms with Crippen LogP contribution in [0.5, 0.6) is 0 Å². The summed E-state index contributed by atoms with van der Waals surface area (Å²) in [4.78, 5) is 29.2. The number of nitrogens with zero attached hydrogens (tertiary/aromatic N) is 1. The Morgan fingerprint density at radius 2 is 1.50 bits per heavy atom. The maximum absolute atomic E-state index is 13.9. The van der Waals surface area contributed by atoms with E-state index in [2.05, 4.69) is 5.32 Å². The van der Waals surface area contributed by atoms with Crippen molar-refractivity contribution in [2.75, 3.05) is 0 Å². The van der Waals surface area contributed by atoms with Gasteiger partial charge in [0, 0.05) is 34.1 Å². The van der Waals surface area contributed by atoms with E-state index in [0.717, 1.165) is 22.3 Å². The summed E-state index contributed by atoms with van der Waals surface area (Å²) in [5.74, 6) is -0.387. The van der Waals surface area contributed by atoms with Crippen molar-refractivity contribution in [1.29, 1.82) is 0 Å². The van der Waals surface area contributed by atoms with Crippen molar-refractivity contribution in [3.63, 3.8) is 0 Å². The quantitative estimate of drug-likeness (QED) is 0.356. The molecule has 36 heavy (non-hydrogen) atoms.